The molecule has 0 spiro atoms. The molecule has 164 valence electrons. The van der Waals surface area contributed by atoms with Gasteiger partial charge in [0.1, 0.15) is 11.6 Å². The second-order valence-corrected chi connectivity index (χ2v) is 9.66. The van der Waals surface area contributed by atoms with Crippen LogP contribution in [0.15, 0.2) is 58.6 Å². The molecule has 1 amide bonds. The fourth-order valence-electron chi connectivity index (χ4n) is 4.69. The molecule has 0 unspecified atom stereocenters. The van der Waals surface area contributed by atoms with E-state index in [1.807, 2.05) is 24.3 Å². The molecule has 1 heterocycles. The van der Waals surface area contributed by atoms with E-state index in [0.29, 0.717) is 5.92 Å². The van der Waals surface area contributed by atoms with Gasteiger partial charge in [0.2, 0.25) is 0 Å². The summed E-state index contributed by atoms with van der Waals surface area (Å²) in [5.41, 5.74) is 4.43. The second kappa shape index (κ2) is 9.75. The van der Waals surface area contributed by atoms with Gasteiger partial charge in [0.15, 0.2) is 0 Å². The van der Waals surface area contributed by atoms with E-state index in [1.165, 1.54) is 12.0 Å². The van der Waals surface area contributed by atoms with Crippen molar-refractivity contribution in [1.82, 2.24) is 9.88 Å². The van der Waals surface area contributed by atoms with Gasteiger partial charge < -0.3 is 9.88 Å². The van der Waals surface area contributed by atoms with Gasteiger partial charge in [-0.3, -0.25) is 4.79 Å². The molecule has 2 aromatic carbocycles. The summed E-state index contributed by atoms with van der Waals surface area (Å²) in [6.45, 7) is 4.96. The number of nitriles is 1. The first-order chi connectivity index (χ1) is 15.5. The summed E-state index contributed by atoms with van der Waals surface area (Å²) in [5.74, 6) is 0.178. The Hall–Kier alpha value is -2.84. The van der Waals surface area contributed by atoms with E-state index >= 15 is 0 Å². The van der Waals surface area contributed by atoms with Gasteiger partial charge in [-0.15, -0.1) is 0 Å². The van der Waals surface area contributed by atoms with E-state index in [-0.39, 0.29) is 17.5 Å². The minimum Gasteiger partial charge on any atom is -0.348 e. The van der Waals surface area contributed by atoms with Crippen LogP contribution in [0, 0.1) is 24.2 Å². The average Bonchev–Trinajstić information content (AvgIpc) is 3.06. The van der Waals surface area contributed by atoms with Crippen LogP contribution in [0.25, 0.3) is 17.0 Å². The number of halogens is 1. The van der Waals surface area contributed by atoms with Crippen LogP contribution < -0.4 is 5.32 Å². The number of hydrogen-bond donors (Lipinski definition) is 1. The highest BCUT2D eigenvalue weighted by atomic mass is 79.9. The first-order valence-corrected chi connectivity index (χ1v) is 12.0. The molecular weight excluding hydrogens is 462 g/mol. The van der Waals surface area contributed by atoms with Gasteiger partial charge in [-0.2, -0.15) is 5.26 Å². The standard InChI is InChI=1S/C27H28BrN3O/c1-18-7-3-5-9-25(18)30-27(32)21(16-29)15-24-19(2)31(26-10-6-4-8-23(24)26)17-20-11-13-22(28)14-12-20/h4,6,8,10-15,18,25H,3,5,7,9,17H2,1-2H3,(H,30,32)/b21-15+/t18-,25+/m0/s1. The van der Waals surface area contributed by atoms with Crippen molar-refractivity contribution >= 4 is 38.8 Å². The summed E-state index contributed by atoms with van der Waals surface area (Å²) in [5, 5.41) is 14.0. The van der Waals surface area contributed by atoms with Crippen LogP contribution in [-0.4, -0.2) is 16.5 Å². The van der Waals surface area contributed by atoms with Crippen molar-refractivity contribution in [3.63, 3.8) is 0 Å². The van der Waals surface area contributed by atoms with Gasteiger partial charge in [-0.25, -0.2) is 0 Å². The lowest BCUT2D eigenvalue weighted by molar-refractivity contribution is -0.118. The topological polar surface area (TPSA) is 57.8 Å². The molecule has 1 fully saturated rings. The van der Waals surface area contributed by atoms with Crippen molar-refractivity contribution in [3.05, 3.63) is 75.4 Å². The molecule has 32 heavy (non-hydrogen) atoms. The lowest BCUT2D eigenvalue weighted by Crippen LogP contribution is -2.41. The highest BCUT2D eigenvalue weighted by molar-refractivity contribution is 9.10. The molecule has 4 rings (SSSR count). The summed E-state index contributed by atoms with van der Waals surface area (Å²) in [6.07, 6.45) is 6.21. The maximum absolute atomic E-state index is 13.0. The van der Waals surface area contributed by atoms with Gasteiger partial charge in [-0.1, -0.05) is 66.0 Å². The Morgan fingerprint density at radius 2 is 1.91 bits per heavy atom. The average molecular weight is 490 g/mol. The molecule has 1 saturated carbocycles. The van der Waals surface area contributed by atoms with Crippen LogP contribution in [0.1, 0.15) is 49.4 Å². The number of nitrogens with zero attached hydrogens (tertiary/aromatic N) is 2. The Kier molecular flexibility index (Phi) is 6.81. The smallest absolute Gasteiger partial charge is 0.262 e. The van der Waals surface area contributed by atoms with Crippen molar-refractivity contribution in [3.8, 4) is 6.07 Å². The molecule has 1 aliphatic carbocycles. The number of hydrogen-bond acceptors (Lipinski definition) is 2. The summed E-state index contributed by atoms with van der Waals surface area (Å²) in [7, 11) is 0. The summed E-state index contributed by atoms with van der Waals surface area (Å²) < 4.78 is 3.30. The Labute approximate surface area is 198 Å². The van der Waals surface area contributed by atoms with Crippen LogP contribution >= 0.6 is 15.9 Å². The molecule has 2 atom stereocenters. The van der Waals surface area contributed by atoms with E-state index in [2.05, 4.69) is 70.0 Å². The Balaban J connectivity index is 1.69. The zero-order valence-electron chi connectivity index (χ0n) is 18.6. The quantitative estimate of drug-likeness (QED) is 0.334. The van der Waals surface area contributed by atoms with Crippen LogP contribution in [-0.2, 0) is 11.3 Å². The molecule has 0 bridgehead atoms. The highest BCUT2D eigenvalue weighted by Crippen LogP contribution is 2.29. The molecule has 0 radical (unpaired) electrons. The van der Waals surface area contributed by atoms with Crippen molar-refractivity contribution in [2.75, 3.05) is 0 Å². The summed E-state index contributed by atoms with van der Waals surface area (Å²) in [6, 6.07) is 18.8. The zero-order valence-corrected chi connectivity index (χ0v) is 20.2. The third-order valence-electron chi connectivity index (χ3n) is 6.62. The fourth-order valence-corrected chi connectivity index (χ4v) is 4.95. The normalized spacial score (nSPS) is 19.0. The van der Waals surface area contributed by atoms with Crippen molar-refractivity contribution in [2.45, 2.75) is 52.1 Å². The maximum Gasteiger partial charge on any atom is 0.262 e. The molecule has 1 N–H and O–H groups in total. The van der Waals surface area contributed by atoms with Crippen LogP contribution in [0.3, 0.4) is 0 Å². The molecule has 1 aromatic heterocycles. The molecular formula is C27H28BrN3O. The fraction of sp³-hybridized carbons (Fsp3) is 0.333. The SMILES string of the molecule is Cc1c(/C=C(\C#N)C(=O)N[C@@H]2CCCC[C@@H]2C)c2ccccc2n1Cc1ccc(Br)cc1. The van der Waals surface area contributed by atoms with Crippen molar-refractivity contribution in [2.24, 2.45) is 5.92 Å². The predicted octanol–water partition coefficient (Wildman–Crippen LogP) is 6.36. The molecule has 1 aliphatic rings. The van der Waals surface area contributed by atoms with Crippen LogP contribution in [0.4, 0.5) is 0 Å². The molecule has 3 aromatic rings. The van der Waals surface area contributed by atoms with Gasteiger partial charge in [-0.05, 0) is 55.5 Å². The molecule has 0 saturated heterocycles. The zero-order chi connectivity index (χ0) is 22.7. The number of rotatable bonds is 5. The lowest BCUT2D eigenvalue weighted by atomic mass is 9.86. The van der Waals surface area contributed by atoms with Crippen molar-refractivity contribution < 1.29 is 4.79 Å². The van der Waals surface area contributed by atoms with E-state index in [1.54, 1.807) is 6.08 Å². The number of aromatic nitrogens is 1. The van der Waals surface area contributed by atoms with Gasteiger partial charge in [0, 0.05) is 39.2 Å². The predicted molar refractivity (Wildman–Crippen MR) is 133 cm³/mol. The third kappa shape index (κ3) is 4.66. The molecule has 0 aliphatic heterocycles. The maximum atomic E-state index is 13.0. The van der Waals surface area contributed by atoms with Crippen LogP contribution in [0.5, 0.6) is 0 Å². The first-order valence-electron chi connectivity index (χ1n) is 11.2. The summed E-state index contributed by atoms with van der Waals surface area (Å²) in [4.78, 5) is 13.0. The largest absolute Gasteiger partial charge is 0.348 e. The Morgan fingerprint density at radius 3 is 2.62 bits per heavy atom. The van der Waals surface area contributed by atoms with E-state index in [0.717, 1.165) is 52.4 Å². The van der Waals surface area contributed by atoms with Gasteiger partial charge >= 0.3 is 0 Å². The number of fused-ring (bicyclic) bond motifs is 1. The number of carbonyl (C=O) groups excluding carboxylic acids is 1. The lowest BCUT2D eigenvalue weighted by Gasteiger charge is -2.29. The number of benzene rings is 2. The van der Waals surface area contributed by atoms with Gasteiger partial charge in [0.25, 0.3) is 5.91 Å². The number of para-hydroxylation sites is 1. The summed E-state index contributed by atoms with van der Waals surface area (Å²) >= 11 is 3.49. The minimum absolute atomic E-state index is 0.146. The van der Waals surface area contributed by atoms with E-state index in [4.69, 9.17) is 0 Å². The van der Waals surface area contributed by atoms with Crippen LogP contribution in [0.2, 0.25) is 0 Å². The van der Waals surface area contributed by atoms with E-state index in [9.17, 15) is 10.1 Å². The Bertz CT molecular complexity index is 1200. The monoisotopic (exact) mass is 489 g/mol. The third-order valence-corrected chi connectivity index (χ3v) is 7.14. The number of nitrogens with one attached hydrogen (secondary N) is 1. The second-order valence-electron chi connectivity index (χ2n) is 8.74. The van der Waals surface area contributed by atoms with E-state index < -0.39 is 0 Å². The first kappa shape index (κ1) is 22.4. The van der Waals surface area contributed by atoms with Crippen molar-refractivity contribution in [1.29, 1.82) is 5.26 Å². The minimum atomic E-state index is -0.268. The molecule has 5 heteroatoms. The number of amides is 1. The number of carbonyl (C=O) groups is 1. The molecule has 4 nitrogen and oxygen atoms in total. The highest BCUT2D eigenvalue weighted by Gasteiger charge is 2.24. The Morgan fingerprint density at radius 1 is 1.19 bits per heavy atom. The van der Waals surface area contributed by atoms with Gasteiger partial charge in [0.05, 0.1) is 0 Å².